The highest BCUT2D eigenvalue weighted by molar-refractivity contribution is 4.82. The van der Waals surface area contributed by atoms with Crippen LogP contribution in [0.2, 0.25) is 0 Å². The van der Waals surface area contributed by atoms with Gasteiger partial charge in [-0.1, -0.05) is 27.2 Å². The molecule has 4 atom stereocenters. The van der Waals surface area contributed by atoms with Crippen molar-refractivity contribution in [3.05, 3.63) is 0 Å². The van der Waals surface area contributed by atoms with Gasteiger partial charge in [-0.3, -0.25) is 0 Å². The van der Waals surface area contributed by atoms with Gasteiger partial charge in [0, 0.05) is 0 Å². The Kier molecular flexibility index (Phi) is 2.94. The summed E-state index contributed by atoms with van der Waals surface area (Å²) in [7, 11) is 0. The highest BCUT2D eigenvalue weighted by atomic mass is 16.3. The zero-order chi connectivity index (χ0) is 8.43. The minimum Gasteiger partial charge on any atom is -0.393 e. The van der Waals surface area contributed by atoms with Crippen LogP contribution in [-0.4, -0.2) is 11.2 Å². The fourth-order valence-electron chi connectivity index (χ4n) is 2.33. The Labute approximate surface area is 69.8 Å². The Morgan fingerprint density at radius 3 is 2.36 bits per heavy atom. The lowest BCUT2D eigenvalue weighted by atomic mass is 9.71. The lowest BCUT2D eigenvalue weighted by molar-refractivity contribution is 0.0116. The van der Waals surface area contributed by atoms with Crippen molar-refractivity contribution in [3.8, 4) is 0 Å². The summed E-state index contributed by atoms with van der Waals surface area (Å²) in [6.45, 7) is 6.77. The Hall–Kier alpha value is -0.0400. The van der Waals surface area contributed by atoms with Gasteiger partial charge in [0.1, 0.15) is 0 Å². The summed E-state index contributed by atoms with van der Waals surface area (Å²) in [5.41, 5.74) is 0. The Balaban J connectivity index is 2.55. The van der Waals surface area contributed by atoms with Gasteiger partial charge < -0.3 is 5.11 Å². The molecular weight excluding hydrogens is 136 g/mol. The molecule has 66 valence electrons. The minimum atomic E-state index is -0.0220. The van der Waals surface area contributed by atoms with Crippen molar-refractivity contribution in [2.45, 2.75) is 46.1 Å². The van der Waals surface area contributed by atoms with Crippen LogP contribution in [0, 0.1) is 17.8 Å². The normalized spacial score (nSPS) is 45.8. The number of rotatable bonds is 1. The van der Waals surface area contributed by atoms with Gasteiger partial charge in [-0.2, -0.15) is 0 Å². The Morgan fingerprint density at radius 1 is 1.27 bits per heavy atom. The van der Waals surface area contributed by atoms with Crippen molar-refractivity contribution >= 4 is 0 Å². The van der Waals surface area contributed by atoms with Gasteiger partial charge >= 0.3 is 0 Å². The lowest BCUT2D eigenvalue weighted by Gasteiger charge is -2.37. The van der Waals surface area contributed by atoms with Crippen LogP contribution in [0.25, 0.3) is 0 Å². The first-order chi connectivity index (χ1) is 5.16. The predicted molar refractivity (Wildman–Crippen MR) is 47.3 cm³/mol. The van der Waals surface area contributed by atoms with Crippen LogP contribution in [0.15, 0.2) is 0 Å². The summed E-state index contributed by atoms with van der Waals surface area (Å²) in [4.78, 5) is 0. The fraction of sp³-hybridized carbons (Fsp3) is 1.00. The van der Waals surface area contributed by atoms with Gasteiger partial charge in [0.05, 0.1) is 6.10 Å². The quantitative estimate of drug-likeness (QED) is 0.618. The van der Waals surface area contributed by atoms with Crippen LogP contribution >= 0.6 is 0 Å². The second kappa shape index (κ2) is 3.57. The smallest absolute Gasteiger partial charge is 0.0571 e. The molecule has 0 spiro atoms. The van der Waals surface area contributed by atoms with E-state index < -0.39 is 0 Å². The maximum atomic E-state index is 9.66. The number of hydrogen-bond donors (Lipinski definition) is 1. The lowest BCUT2D eigenvalue weighted by Crippen LogP contribution is -2.34. The molecule has 0 saturated heterocycles. The van der Waals surface area contributed by atoms with Crippen molar-refractivity contribution < 1.29 is 5.11 Å². The molecule has 1 aliphatic rings. The first-order valence-corrected chi connectivity index (χ1v) is 4.84. The second-order valence-electron chi connectivity index (χ2n) is 4.05. The monoisotopic (exact) mass is 156 g/mol. The standard InChI is InChI=1S/C10H20O/c1-4-9-8(3)7(2)5-6-10(9)11/h7-11H,4-6H2,1-3H3. The third kappa shape index (κ3) is 1.76. The van der Waals surface area contributed by atoms with E-state index in [4.69, 9.17) is 0 Å². The zero-order valence-electron chi connectivity index (χ0n) is 7.88. The van der Waals surface area contributed by atoms with E-state index in [2.05, 4.69) is 20.8 Å². The predicted octanol–water partition coefficient (Wildman–Crippen LogP) is 2.44. The molecular formula is C10H20O. The first kappa shape index (κ1) is 9.05. The topological polar surface area (TPSA) is 20.2 Å². The van der Waals surface area contributed by atoms with Gasteiger partial charge in [-0.25, -0.2) is 0 Å². The molecule has 4 unspecified atom stereocenters. The molecule has 1 fully saturated rings. The molecule has 0 aliphatic heterocycles. The van der Waals surface area contributed by atoms with Crippen molar-refractivity contribution in [2.24, 2.45) is 17.8 Å². The number of hydrogen-bond acceptors (Lipinski definition) is 1. The van der Waals surface area contributed by atoms with E-state index in [-0.39, 0.29) is 6.10 Å². The molecule has 0 bridgehead atoms. The van der Waals surface area contributed by atoms with Crippen LogP contribution < -0.4 is 0 Å². The van der Waals surface area contributed by atoms with E-state index in [1.165, 1.54) is 6.42 Å². The van der Waals surface area contributed by atoms with Gasteiger partial charge in [0.15, 0.2) is 0 Å². The van der Waals surface area contributed by atoms with Crippen LogP contribution in [0.4, 0.5) is 0 Å². The van der Waals surface area contributed by atoms with Crippen LogP contribution in [-0.2, 0) is 0 Å². The van der Waals surface area contributed by atoms with Crippen molar-refractivity contribution in [1.82, 2.24) is 0 Å². The largest absolute Gasteiger partial charge is 0.393 e. The molecule has 0 aromatic rings. The highest BCUT2D eigenvalue weighted by Gasteiger charge is 2.31. The van der Waals surface area contributed by atoms with Crippen LogP contribution in [0.5, 0.6) is 0 Å². The molecule has 0 aromatic heterocycles. The molecule has 0 aromatic carbocycles. The summed E-state index contributed by atoms with van der Waals surface area (Å²) < 4.78 is 0. The summed E-state index contributed by atoms with van der Waals surface area (Å²) in [5.74, 6) is 2.07. The van der Waals surface area contributed by atoms with Gasteiger partial charge in [0.2, 0.25) is 0 Å². The number of aliphatic hydroxyl groups excluding tert-OH is 1. The molecule has 1 aliphatic carbocycles. The second-order valence-corrected chi connectivity index (χ2v) is 4.05. The summed E-state index contributed by atoms with van der Waals surface area (Å²) >= 11 is 0. The van der Waals surface area contributed by atoms with E-state index >= 15 is 0 Å². The van der Waals surface area contributed by atoms with Crippen molar-refractivity contribution in [2.75, 3.05) is 0 Å². The fourth-order valence-corrected chi connectivity index (χ4v) is 2.33. The molecule has 1 heteroatoms. The molecule has 0 heterocycles. The van der Waals surface area contributed by atoms with E-state index in [1.54, 1.807) is 0 Å². The summed E-state index contributed by atoms with van der Waals surface area (Å²) in [5, 5.41) is 9.66. The molecule has 1 nitrogen and oxygen atoms in total. The zero-order valence-corrected chi connectivity index (χ0v) is 7.88. The Bertz CT molecular complexity index is 122. The van der Waals surface area contributed by atoms with E-state index in [0.29, 0.717) is 11.8 Å². The summed E-state index contributed by atoms with van der Waals surface area (Å²) in [6, 6.07) is 0. The third-order valence-corrected chi connectivity index (χ3v) is 3.46. The SMILES string of the molecule is CCC1C(O)CCC(C)C1C. The van der Waals surface area contributed by atoms with Crippen LogP contribution in [0.1, 0.15) is 40.0 Å². The maximum Gasteiger partial charge on any atom is 0.0571 e. The minimum absolute atomic E-state index is 0.0220. The average molecular weight is 156 g/mol. The molecule has 0 amide bonds. The van der Waals surface area contributed by atoms with Crippen molar-refractivity contribution in [3.63, 3.8) is 0 Å². The highest BCUT2D eigenvalue weighted by Crippen LogP contribution is 2.36. The van der Waals surface area contributed by atoms with E-state index in [9.17, 15) is 5.11 Å². The average Bonchev–Trinajstić information content (AvgIpc) is 1.99. The summed E-state index contributed by atoms with van der Waals surface area (Å²) in [6.07, 6.45) is 3.33. The van der Waals surface area contributed by atoms with E-state index in [1.807, 2.05) is 0 Å². The Morgan fingerprint density at radius 2 is 1.91 bits per heavy atom. The van der Waals surface area contributed by atoms with Gasteiger partial charge in [0.25, 0.3) is 0 Å². The van der Waals surface area contributed by atoms with Crippen molar-refractivity contribution in [1.29, 1.82) is 0 Å². The molecule has 1 N–H and O–H groups in total. The molecule has 1 saturated carbocycles. The maximum absolute atomic E-state index is 9.66. The van der Waals surface area contributed by atoms with Crippen LogP contribution in [0.3, 0.4) is 0 Å². The van der Waals surface area contributed by atoms with E-state index in [0.717, 1.165) is 18.8 Å². The number of aliphatic hydroxyl groups is 1. The van der Waals surface area contributed by atoms with Gasteiger partial charge in [-0.15, -0.1) is 0 Å². The van der Waals surface area contributed by atoms with Gasteiger partial charge in [-0.05, 0) is 30.6 Å². The first-order valence-electron chi connectivity index (χ1n) is 4.84. The third-order valence-electron chi connectivity index (χ3n) is 3.46. The molecule has 11 heavy (non-hydrogen) atoms. The molecule has 0 radical (unpaired) electrons. The molecule has 1 rings (SSSR count).